The van der Waals surface area contributed by atoms with Crippen LogP contribution >= 0.6 is 10.7 Å². The summed E-state index contributed by atoms with van der Waals surface area (Å²) in [6.07, 6.45) is 0.958. The lowest BCUT2D eigenvalue weighted by molar-refractivity contribution is 0.101. The van der Waals surface area contributed by atoms with Crippen LogP contribution in [0.2, 0.25) is 0 Å². The van der Waals surface area contributed by atoms with Gasteiger partial charge in [-0.2, -0.15) is 0 Å². The van der Waals surface area contributed by atoms with Gasteiger partial charge in [0.05, 0.1) is 11.5 Å². The van der Waals surface area contributed by atoms with Gasteiger partial charge in [-0.25, -0.2) is 8.42 Å². The Bertz CT molecular complexity index is 445. The van der Waals surface area contributed by atoms with E-state index in [2.05, 4.69) is 0 Å². The summed E-state index contributed by atoms with van der Waals surface area (Å²) in [5, 5.41) is 0. The van der Waals surface area contributed by atoms with Gasteiger partial charge in [0, 0.05) is 23.4 Å². The molecule has 0 amide bonds. The van der Waals surface area contributed by atoms with Crippen molar-refractivity contribution < 1.29 is 17.9 Å². The lowest BCUT2D eigenvalue weighted by Gasteiger charge is -2.07. The number of hydrogen-bond donors (Lipinski definition) is 0. The summed E-state index contributed by atoms with van der Waals surface area (Å²) in [6, 6.07) is 6.06. The maximum absolute atomic E-state index is 11.1. The van der Waals surface area contributed by atoms with Crippen LogP contribution in [-0.4, -0.2) is 28.2 Å². The first-order valence-electron chi connectivity index (χ1n) is 5.29. The van der Waals surface area contributed by atoms with Crippen molar-refractivity contribution >= 4 is 19.7 Å². The second-order valence-corrected chi connectivity index (χ2v) is 5.94. The number of ether oxygens (including phenoxy) is 2. The Hall–Kier alpha value is -0.780. The van der Waals surface area contributed by atoms with Crippen LogP contribution < -0.4 is 4.74 Å². The molecule has 0 unspecified atom stereocenters. The minimum atomic E-state index is -3.70. The summed E-state index contributed by atoms with van der Waals surface area (Å²) >= 11 is 0. The zero-order valence-corrected chi connectivity index (χ0v) is 11.1. The van der Waals surface area contributed by atoms with E-state index in [4.69, 9.17) is 20.2 Å². The van der Waals surface area contributed by atoms with Crippen molar-refractivity contribution in [1.82, 2.24) is 0 Å². The molecule has 1 aromatic carbocycles. The van der Waals surface area contributed by atoms with Gasteiger partial charge >= 0.3 is 0 Å². The molecular formula is C11H15ClO4S. The topological polar surface area (TPSA) is 52.6 Å². The summed E-state index contributed by atoms with van der Waals surface area (Å²) in [7, 11) is 1.52. The van der Waals surface area contributed by atoms with Crippen molar-refractivity contribution in [2.24, 2.45) is 0 Å². The molecule has 0 aliphatic heterocycles. The molecule has 0 N–H and O–H groups in total. The van der Waals surface area contributed by atoms with Crippen molar-refractivity contribution in [3.63, 3.8) is 0 Å². The Morgan fingerprint density at radius 1 is 1.24 bits per heavy atom. The predicted molar refractivity (Wildman–Crippen MR) is 66.1 cm³/mol. The van der Waals surface area contributed by atoms with E-state index in [0.29, 0.717) is 25.6 Å². The van der Waals surface area contributed by atoms with Gasteiger partial charge < -0.3 is 9.47 Å². The van der Waals surface area contributed by atoms with Crippen LogP contribution in [-0.2, 0) is 13.8 Å². The van der Waals surface area contributed by atoms with Crippen molar-refractivity contribution in [2.45, 2.75) is 18.2 Å². The Balaban J connectivity index is 2.49. The van der Waals surface area contributed by atoms with Crippen LogP contribution in [0.5, 0.6) is 5.75 Å². The third-order valence-electron chi connectivity index (χ3n) is 1.93. The zero-order chi connectivity index (χ0) is 12.7. The highest BCUT2D eigenvalue weighted by molar-refractivity contribution is 8.13. The first-order chi connectivity index (χ1) is 8.04. The molecule has 96 valence electrons. The van der Waals surface area contributed by atoms with Gasteiger partial charge in [0.15, 0.2) is 0 Å². The minimum absolute atomic E-state index is 0.0335. The lowest BCUT2D eigenvalue weighted by atomic mass is 10.3. The van der Waals surface area contributed by atoms with E-state index in [1.54, 1.807) is 12.1 Å². The number of halogens is 1. The van der Waals surface area contributed by atoms with E-state index in [1.165, 1.54) is 12.1 Å². The predicted octanol–water partition coefficient (Wildman–Crippen LogP) is 2.42. The summed E-state index contributed by atoms with van der Waals surface area (Å²) < 4.78 is 32.7. The minimum Gasteiger partial charge on any atom is -0.491 e. The fraction of sp³-hybridized carbons (Fsp3) is 0.455. The molecule has 1 rings (SSSR count). The fourth-order valence-corrected chi connectivity index (χ4v) is 1.97. The first-order valence-corrected chi connectivity index (χ1v) is 7.60. The molecule has 0 fully saturated rings. The average Bonchev–Trinajstić information content (AvgIpc) is 2.28. The molecule has 0 aliphatic carbocycles. The third kappa shape index (κ3) is 5.39. The Morgan fingerprint density at radius 3 is 2.65 bits per heavy atom. The second-order valence-electron chi connectivity index (χ2n) is 3.37. The second kappa shape index (κ2) is 6.83. The Labute approximate surface area is 106 Å². The molecular weight excluding hydrogens is 264 g/mol. The van der Waals surface area contributed by atoms with Crippen molar-refractivity contribution in [3.05, 3.63) is 24.3 Å². The van der Waals surface area contributed by atoms with Crippen LogP contribution in [0.4, 0.5) is 0 Å². The zero-order valence-electron chi connectivity index (χ0n) is 9.56. The number of benzene rings is 1. The van der Waals surface area contributed by atoms with E-state index in [-0.39, 0.29) is 4.90 Å². The van der Waals surface area contributed by atoms with Crippen LogP contribution in [0.1, 0.15) is 13.3 Å². The largest absolute Gasteiger partial charge is 0.491 e. The highest BCUT2D eigenvalue weighted by Crippen LogP contribution is 2.20. The fourth-order valence-electron chi connectivity index (χ4n) is 1.18. The molecule has 1 aromatic rings. The van der Waals surface area contributed by atoms with E-state index in [1.807, 2.05) is 6.92 Å². The van der Waals surface area contributed by atoms with Crippen molar-refractivity contribution in [3.8, 4) is 5.75 Å². The van der Waals surface area contributed by atoms with E-state index in [0.717, 1.165) is 6.42 Å². The molecule has 0 aliphatic rings. The van der Waals surface area contributed by atoms with Gasteiger partial charge in [-0.3, -0.25) is 0 Å². The molecule has 17 heavy (non-hydrogen) atoms. The molecule has 4 nitrogen and oxygen atoms in total. The van der Waals surface area contributed by atoms with E-state index in [9.17, 15) is 8.42 Å². The number of rotatable bonds is 7. The van der Waals surface area contributed by atoms with Gasteiger partial charge in [0.2, 0.25) is 0 Å². The molecule has 0 spiro atoms. The standard InChI is InChI=1S/C11H15ClO4S/c1-2-6-15-7-8-16-10-4-3-5-11(9-10)17(12,13)14/h3-5,9H,2,6-8H2,1H3. The van der Waals surface area contributed by atoms with Gasteiger partial charge in [0.1, 0.15) is 12.4 Å². The monoisotopic (exact) mass is 278 g/mol. The maximum atomic E-state index is 11.1. The molecule has 0 radical (unpaired) electrons. The average molecular weight is 279 g/mol. The first kappa shape index (κ1) is 14.3. The normalized spacial score (nSPS) is 11.4. The van der Waals surface area contributed by atoms with E-state index < -0.39 is 9.05 Å². The number of hydrogen-bond acceptors (Lipinski definition) is 4. The summed E-state index contributed by atoms with van der Waals surface area (Å²) in [5.74, 6) is 0.465. The van der Waals surface area contributed by atoms with Crippen molar-refractivity contribution in [2.75, 3.05) is 19.8 Å². The molecule has 0 bridgehead atoms. The SMILES string of the molecule is CCCOCCOc1cccc(S(=O)(=O)Cl)c1. The highest BCUT2D eigenvalue weighted by Gasteiger charge is 2.10. The molecule has 0 atom stereocenters. The summed E-state index contributed by atoms with van der Waals surface area (Å²) in [5.41, 5.74) is 0. The summed E-state index contributed by atoms with van der Waals surface area (Å²) in [4.78, 5) is 0.0335. The van der Waals surface area contributed by atoms with Gasteiger partial charge in [0.25, 0.3) is 9.05 Å². The molecule has 0 saturated carbocycles. The summed E-state index contributed by atoms with van der Waals surface area (Å²) in [6.45, 7) is 3.58. The Kier molecular flexibility index (Phi) is 5.74. The van der Waals surface area contributed by atoms with Crippen LogP contribution in [0.25, 0.3) is 0 Å². The quantitative estimate of drug-likeness (QED) is 0.568. The molecule has 0 saturated heterocycles. The van der Waals surface area contributed by atoms with Gasteiger partial charge in [-0.15, -0.1) is 0 Å². The smallest absolute Gasteiger partial charge is 0.261 e. The maximum Gasteiger partial charge on any atom is 0.261 e. The van der Waals surface area contributed by atoms with Crippen LogP contribution in [0.3, 0.4) is 0 Å². The van der Waals surface area contributed by atoms with Crippen LogP contribution in [0.15, 0.2) is 29.2 Å². The van der Waals surface area contributed by atoms with Crippen LogP contribution in [0, 0.1) is 0 Å². The van der Waals surface area contributed by atoms with E-state index >= 15 is 0 Å². The molecule has 6 heteroatoms. The molecule has 0 aromatic heterocycles. The van der Waals surface area contributed by atoms with Gasteiger partial charge in [-0.1, -0.05) is 13.0 Å². The third-order valence-corrected chi connectivity index (χ3v) is 3.28. The highest BCUT2D eigenvalue weighted by atomic mass is 35.7. The Morgan fingerprint density at radius 2 is 2.00 bits per heavy atom. The van der Waals surface area contributed by atoms with Gasteiger partial charge in [-0.05, 0) is 18.6 Å². The lowest BCUT2D eigenvalue weighted by Crippen LogP contribution is -2.07. The van der Waals surface area contributed by atoms with Crippen molar-refractivity contribution in [1.29, 1.82) is 0 Å². The molecule has 0 heterocycles.